The minimum absolute atomic E-state index is 0.0126. The summed E-state index contributed by atoms with van der Waals surface area (Å²) in [5.41, 5.74) is 1.96. The maximum Gasteiger partial charge on any atom is 0.378 e. The number of methoxy groups -OCH3 is 1. The molecule has 9 nitrogen and oxygen atoms in total. The SMILES string of the molecule is COC(=O)c1occc1COC(=O)c1nc2nc(C)cc(C)n2n1. The van der Waals surface area contributed by atoms with Crippen molar-refractivity contribution < 1.29 is 23.5 Å². The maximum absolute atomic E-state index is 12.1. The number of rotatable bonds is 4. The Morgan fingerprint density at radius 1 is 1.25 bits per heavy atom. The number of ether oxygens (including phenoxy) is 2. The Kier molecular flexibility index (Phi) is 3.98. The van der Waals surface area contributed by atoms with Crippen LogP contribution < -0.4 is 0 Å². The molecule has 0 N–H and O–H groups in total. The highest BCUT2D eigenvalue weighted by Gasteiger charge is 2.20. The zero-order chi connectivity index (χ0) is 17.3. The van der Waals surface area contributed by atoms with E-state index in [1.807, 2.05) is 19.9 Å². The van der Waals surface area contributed by atoms with Gasteiger partial charge in [0.2, 0.25) is 5.76 Å². The lowest BCUT2D eigenvalue weighted by molar-refractivity contribution is 0.0441. The van der Waals surface area contributed by atoms with Gasteiger partial charge in [-0.3, -0.25) is 0 Å². The van der Waals surface area contributed by atoms with E-state index in [9.17, 15) is 9.59 Å². The second-order valence-electron chi connectivity index (χ2n) is 5.03. The molecule has 0 saturated heterocycles. The van der Waals surface area contributed by atoms with Gasteiger partial charge in [0.1, 0.15) is 6.61 Å². The maximum atomic E-state index is 12.1. The van der Waals surface area contributed by atoms with Gasteiger partial charge in [0, 0.05) is 17.0 Å². The Morgan fingerprint density at radius 3 is 2.79 bits per heavy atom. The summed E-state index contributed by atoms with van der Waals surface area (Å²) in [6.07, 6.45) is 1.31. The summed E-state index contributed by atoms with van der Waals surface area (Å²) in [4.78, 5) is 31.9. The van der Waals surface area contributed by atoms with E-state index in [4.69, 9.17) is 9.15 Å². The lowest BCUT2D eigenvalue weighted by Crippen LogP contribution is -2.10. The monoisotopic (exact) mass is 330 g/mol. The molecule has 0 fully saturated rings. The number of nitrogens with zero attached hydrogens (tertiary/aromatic N) is 4. The fraction of sp³-hybridized carbons (Fsp3) is 0.267. The van der Waals surface area contributed by atoms with Crippen LogP contribution in [0.1, 0.15) is 38.1 Å². The third kappa shape index (κ3) is 2.83. The Labute approximate surface area is 136 Å². The molecule has 0 saturated carbocycles. The van der Waals surface area contributed by atoms with Crippen molar-refractivity contribution in [2.45, 2.75) is 20.5 Å². The predicted molar refractivity (Wildman–Crippen MR) is 79.4 cm³/mol. The summed E-state index contributed by atoms with van der Waals surface area (Å²) in [5, 5.41) is 4.08. The number of furan rings is 1. The third-order valence-electron chi connectivity index (χ3n) is 3.28. The van der Waals surface area contributed by atoms with Gasteiger partial charge >= 0.3 is 11.9 Å². The van der Waals surface area contributed by atoms with Crippen LogP contribution in [0.2, 0.25) is 0 Å². The normalized spacial score (nSPS) is 10.8. The molecule has 0 spiro atoms. The topological polar surface area (TPSA) is 109 Å². The number of esters is 2. The number of hydrogen-bond acceptors (Lipinski definition) is 8. The first-order valence-electron chi connectivity index (χ1n) is 7.02. The van der Waals surface area contributed by atoms with E-state index < -0.39 is 11.9 Å². The minimum Gasteiger partial charge on any atom is -0.463 e. The van der Waals surface area contributed by atoms with Crippen LogP contribution in [0.3, 0.4) is 0 Å². The highest BCUT2D eigenvalue weighted by molar-refractivity contribution is 5.88. The molecule has 24 heavy (non-hydrogen) atoms. The number of carbonyl (C=O) groups is 2. The molecule has 0 aliphatic heterocycles. The Morgan fingerprint density at radius 2 is 2.04 bits per heavy atom. The average Bonchev–Trinajstić information content (AvgIpc) is 3.18. The smallest absolute Gasteiger partial charge is 0.378 e. The van der Waals surface area contributed by atoms with Crippen LogP contribution in [0.4, 0.5) is 0 Å². The van der Waals surface area contributed by atoms with Gasteiger partial charge < -0.3 is 13.9 Å². The van der Waals surface area contributed by atoms with Gasteiger partial charge in [0.25, 0.3) is 11.6 Å². The summed E-state index contributed by atoms with van der Waals surface area (Å²) < 4.78 is 16.2. The quantitative estimate of drug-likeness (QED) is 0.662. The van der Waals surface area contributed by atoms with Crippen molar-refractivity contribution in [1.29, 1.82) is 0 Å². The molecule has 0 atom stereocenters. The molecule has 3 aromatic heterocycles. The van der Waals surface area contributed by atoms with Crippen LogP contribution >= 0.6 is 0 Å². The number of aryl methyl sites for hydroxylation is 2. The molecule has 0 aliphatic carbocycles. The second-order valence-corrected chi connectivity index (χ2v) is 5.03. The van der Waals surface area contributed by atoms with Gasteiger partial charge in [-0.05, 0) is 26.0 Å². The van der Waals surface area contributed by atoms with Gasteiger partial charge in [0.05, 0.1) is 13.4 Å². The van der Waals surface area contributed by atoms with Gasteiger partial charge in [-0.1, -0.05) is 0 Å². The van der Waals surface area contributed by atoms with E-state index in [2.05, 4.69) is 19.8 Å². The van der Waals surface area contributed by atoms with Crippen LogP contribution in [0.15, 0.2) is 22.8 Å². The van der Waals surface area contributed by atoms with Crippen molar-refractivity contribution in [1.82, 2.24) is 19.6 Å². The molecule has 0 aliphatic rings. The molecule has 3 rings (SSSR count). The lowest BCUT2D eigenvalue weighted by atomic mass is 10.2. The van der Waals surface area contributed by atoms with Crippen LogP contribution in [-0.4, -0.2) is 38.6 Å². The fourth-order valence-corrected chi connectivity index (χ4v) is 2.18. The van der Waals surface area contributed by atoms with Crippen LogP contribution in [0.5, 0.6) is 0 Å². The van der Waals surface area contributed by atoms with E-state index in [0.717, 1.165) is 11.4 Å². The van der Waals surface area contributed by atoms with Crippen LogP contribution in [0.25, 0.3) is 5.78 Å². The van der Waals surface area contributed by atoms with E-state index in [0.29, 0.717) is 11.3 Å². The lowest BCUT2D eigenvalue weighted by Gasteiger charge is -2.02. The first-order chi connectivity index (χ1) is 11.5. The van der Waals surface area contributed by atoms with Crippen molar-refractivity contribution in [3.05, 3.63) is 46.9 Å². The molecule has 9 heteroatoms. The predicted octanol–water partition coefficient (Wildman–Crippen LogP) is 1.48. The molecule has 0 amide bonds. The van der Waals surface area contributed by atoms with Gasteiger partial charge in [0.15, 0.2) is 0 Å². The Bertz CT molecular complexity index is 927. The summed E-state index contributed by atoms with van der Waals surface area (Å²) in [6.45, 7) is 3.49. The van der Waals surface area contributed by atoms with Gasteiger partial charge in [-0.25, -0.2) is 19.1 Å². The summed E-state index contributed by atoms with van der Waals surface area (Å²) >= 11 is 0. The standard InChI is InChI=1S/C15H14N4O5/c1-8-6-9(2)19-15(16-8)17-12(18-19)14(21)24-7-10-4-5-23-11(10)13(20)22-3/h4-6H,7H2,1-3H3. The zero-order valence-electron chi connectivity index (χ0n) is 13.3. The van der Waals surface area contributed by atoms with Crippen molar-refractivity contribution in [2.24, 2.45) is 0 Å². The number of aromatic nitrogens is 4. The second kappa shape index (κ2) is 6.11. The van der Waals surface area contributed by atoms with Gasteiger partial charge in [-0.2, -0.15) is 4.98 Å². The largest absolute Gasteiger partial charge is 0.463 e. The molecule has 0 radical (unpaired) electrons. The van der Waals surface area contributed by atoms with Crippen molar-refractivity contribution >= 4 is 17.7 Å². The van der Waals surface area contributed by atoms with Crippen molar-refractivity contribution in [3.8, 4) is 0 Å². The first kappa shape index (κ1) is 15.7. The van der Waals surface area contributed by atoms with Gasteiger partial charge in [-0.15, -0.1) is 5.10 Å². The molecule has 0 bridgehead atoms. The molecule has 0 unspecified atom stereocenters. The van der Waals surface area contributed by atoms with Crippen molar-refractivity contribution in [2.75, 3.05) is 7.11 Å². The van der Waals surface area contributed by atoms with E-state index >= 15 is 0 Å². The minimum atomic E-state index is -0.727. The summed E-state index contributed by atoms with van der Waals surface area (Å²) in [6, 6.07) is 3.34. The fourth-order valence-electron chi connectivity index (χ4n) is 2.18. The number of hydrogen-bond donors (Lipinski definition) is 0. The highest BCUT2D eigenvalue weighted by atomic mass is 16.5. The summed E-state index contributed by atoms with van der Waals surface area (Å²) in [7, 11) is 1.23. The highest BCUT2D eigenvalue weighted by Crippen LogP contribution is 2.14. The molecule has 3 heterocycles. The van der Waals surface area contributed by atoms with Crippen LogP contribution in [-0.2, 0) is 16.1 Å². The van der Waals surface area contributed by atoms with E-state index in [-0.39, 0.29) is 18.2 Å². The van der Waals surface area contributed by atoms with Crippen LogP contribution in [0, 0.1) is 13.8 Å². The van der Waals surface area contributed by atoms with E-state index in [1.165, 1.54) is 24.0 Å². The average molecular weight is 330 g/mol. The molecular formula is C15H14N4O5. The molecule has 0 aromatic carbocycles. The molecular weight excluding hydrogens is 316 g/mol. The number of fused-ring (bicyclic) bond motifs is 1. The summed E-state index contributed by atoms with van der Waals surface area (Å²) in [5.74, 6) is -1.18. The molecule has 3 aromatic rings. The van der Waals surface area contributed by atoms with Crippen molar-refractivity contribution in [3.63, 3.8) is 0 Å². The number of carbonyl (C=O) groups excluding carboxylic acids is 2. The Balaban J connectivity index is 1.77. The zero-order valence-corrected chi connectivity index (χ0v) is 13.3. The molecule has 124 valence electrons. The first-order valence-corrected chi connectivity index (χ1v) is 7.02. The third-order valence-corrected chi connectivity index (χ3v) is 3.28. The Hall–Kier alpha value is -3.23. The van der Waals surface area contributed by atoms with E-state index in [1.54, 1.807) is 0 Å².